The number of rotatable bonds is 4. The number of benzene rings is 1. The van der Waals surface area contributed by atoms with Crippen molar-refractivity contribution in [3.05, 3.63) is 46.0 Å². The molecule has 0 fully saturated rings. The Kier molecular flexibility index (Phi) is 3.74. The Morgan fingerprint density at radius 1 is 1.41 bits per heavy atom. The Hall–Kier alpha value is -1.42. The second kappa shape index (κ2) is 5.27. The molecule has 0 spiro atoms. The third-order valence-electron chi connectivity index (χ3n) is 2.86. The van der Waals surface area contributed by atoms with Crippen LogP contribution < -0.4 is 0 Å². The van der Waals surface area contributed by atoms with Gasteiger partial charge in [-0.15, -0.1) is 0 Å². The van der Waals surface area contributed by atoms with E-state index >= 15 is 0 Å². The van der Waals surface area contributed by atoms with Gasteiger partial charge in [-0.1, -0.05) is 36.8 Å². The number of aryl methyl sites for hydroxylation is 3. The molecule has 4 heteroatoms. The molecule has 90 valence electrons. The van der Waals surface area contributed by atoms with Crippen LogP contribution in [0.15, 0.2) is 24.3 Å². The van der Waals surface area contributed by atoms with Gasteiger partial charge in [-0.2, -0.15) is 5.10 Å². The van der Waals surface area contributed by atoms with Gasteiger partial charge in [-0.25, -0.2) is 0 Å². The van der Waals surface area contributed by atoms with Gasteiger partial charge in [0.25, 0.3) is 0 Å². The molecule has 1 aromatic carbocycles. The first-order chi connectivity index (χ1) is 8.20. The Balaban J connectivity index is 2.12. The normalized spacial score (nSPS) is 10.7. The van der Waals surface area contributed by atoms with Crippen molar-refractivity contribution in [2.75, 3.05) is 0 Å². The van der Waals surface area contributed by atoms with Crippen molar-refractivity contribution in [2.45, 2.75) is 33.2 Å². The quantitative estimate of drug-likeness (QED) is 0.842. The summed E-state index contributed by atoms with van der Waals surface area (Å²) < 4.78 is 2.80. The minimum Gasteiger partial charge on any atom is -0.304 e. The molecule has 2 rings (SSSR count). The van der Waals surface area contributed by atoms with Gasteiger partial charge in [-0.3, -0.25) is 5.10 Å². The van der Waals surface area contributed by atoms with E-state index in [2.05, 4.69) is 52.9 Å². The number of H-pyrrole nitrogens is 1. The van der Waals surface area contributed by atoms with E-state index in [1.807, 2.05) is 0 Å². The van der Waals surface area contributed by atoms with Crippen molar-refractivity contribution in [1.82, 2.24) is 14.8 Å². The number of nitrogens with one attached hydrogen (secondary N) is 1. The van der Waals surface area contributed by atoms with Gasteiger partial charge in [0.05, 0.1) is 0 Å². The number of hydrogen-bond donors (Lipinski definition) is 1. The van der Waals surface area contributed by atoms with Crippen molar-refractivity contribution in [1.29, 1.82) is 0 Å². The van der Waals surface area contributed by atoms with Crippen LogP contribution in [0.3, 0.4) is 0 Å². The van der Waals surface area contributed by atoms with Crippen LogP contribution in [0.1, 0.15) is 23.9 Å². The lowest BCUT2D eigenvalue weighted by Gasteiger charge is -2.06. The number of nitrogens with zero attached hydrogens (tertiary/aromatic N) is 2. The summed E-state index contributed by atoms with van der Waals surface area (Å²) in [7, 11) is 0. The minimum atomic E-state index is 0.717. The van der Waals surface area contributed by atoms with Gasteiger partial charge in [0.2, 0.25) is 0 Å². The molecule has 17 heavy (non-hydrogen) atoms. The fourth-order valence-electron chi connectivity index (χ4n) is 1.96. The predicted molar refractivity (Wildman–Crippen MR) is 71.7 cm³/mol. The van der Waals surface area contributed by atoms with Gasteiger partial charge < -0.3 is 4.57 Å². The van der Waals surface area contributed by atoms with E-state index in [0.717, 1.165) is 30.0 Å². The van der Waals surface area contributed by atoms with Gasteiger partial charge in [-0.05, 0) is 31.1 Å². The maximum atomic E-state index is 5.23. The first-order valence-corrected chi connectivity index (χ1v) is 6.31. The van der Waals surface area contributed by atoms with Crippen molar-refractivity contribution in [3.63, 3.8) is 0 Å². The molecule has 0 aliphatic rings. The summed E-state index contributed by atoms with van der Waals surface area (Å²) >= 11 is 5.23. The van der Waals surface area contributed by atoms with Crippen molar-refractivity contribution in [3.8, 4) is 0 Å². The summed E-state index contributed by atoms with van der Waals surface area (Å²) in [4.78, 5) is 0. The maximum Gasteiger partial charge on any atom is 0.195 e. The zero-order chi connectivity index (χ0) is 12.3. The summed E-state index contributed by atoms with van der Waals surface area (Å²) in [6.45, 7) is 5.10. The molecule has 1 aromatic heterocycles. The lowest BCUT2D eigenvalue weighted by atomic mass is 10.1. The molecule has 0 saturated heterocycles. The Bertz CT molecular complexity index is 554. The van der Waals surface area contributed by atoms with Gasteiger partial charge in [0.15, 0.2) is 4.77 Å². The number of aromatic nitrogens is 3. The van der Waals surface area contributed by atoms with Crippen molar-refractivity contribution >= 4 is 12.2 Å². The molecule has 0 aliphatic carbocycles. The largest absolute Gasteiger partial charge is 0.304 e. The smallest absolute Gasteiger partial charge is 0.195 e. The van der Waals surface area contributed by atoms with Gasteiger partial charge in [0, 0.05) is 13.0 Å². The van der Waals surface area contributed by atoms with E-state index in [1.165, 1.54) is 11.1 Å². The summed E-state index contributed by atoms with van der Waals surface area (Å²) in [5.41, 5.74) is 2.64. The van der Waals surface area contributed by atoms with E-state index in [9.17, 15) is 0 Å². The van der Waals surface area contributed by atoms with Crippen LogP contribution in [0.5, 0.6) is 0 Å². The lowest BCUT2D eigenvalue weighted by molar-refractivity contribution is 0.649. The summed E-state index contributed by atoms with van der Waals surface area (Å²) in [6.07, 6.45) is 1.89. The highest BCUT2D eigenvalue weighted by Gasteiger charge is 2.03. The highest BCUT2D eigenvalue weighted by Crippen LogP contribution is 2.07. The highest BCUT2D eigenvalue weighted by atomic mass is 32.1. The van der Waals surface area contributed by atoms with Crippen LogP contribution >= 0.6 is 12.2 Å². The fraction of sp³-hybridized carbons (Fsp3) is 0.385. The van der Waals surface area contributed by atoms with Crippen molar-refractivity contribution in [2.24, 2.45) is 0 Å². The predicted octanol–water partition coefficient (Wildman–Crippen LogP) is 3.05. The van der Waals surface area contributed by atoms with E-state index in [-0.39, 0.29) is 0 Å². The Morgan fingerprint density at radius 2 is 2.24 bits per heavy atom. The van der Waals surface area contributed by atoms with E-state index in [1.54, 1.807) is 0 Å². The van der Waals surface area contributed by atoms with E-state index in [4.69, 9.17) is 12.2 Å². The van der Waals surface area contributed by atoms with Crippen LogP contribution in [-0.4, -0.2) is 14.8 Å². The van der Waals surface area contributed by atoms with Crippen LogP contribution in [-0.2, 0) is 19.4 Å². The second-order valence-electron chi connectivity index (χ2n) is 4.19. The molecule has 3 nitrogen and oxygen atoms in total. The second-order valence-corrected chi connectivity index (χ2v) is 4.58. The topological polar surface area (TPSA) is 33.6 Å². The van der Waals surface area contributed by atoms with E-state index < -0.39 is 0 Å². The zero-order valence-electron chi connectivity index (χ0n) is 10.2. The van der Waals surface area contributed by atoms with Crippen LogP contribution in [0, 0.1) is 11.7 Å². The zero-order valence-corrected chi connectivity index (χ0v) is 11.0. The molecule has 1 N–H and O–H groups in total. The van der Waals surface area contributed by atoms with Crippen LogP contribution in [0.2, 0.25) is 0 Å². The molecule has 0 bridgehead atoms. The standard InChI is InChI=1S/C13H17N3S/c1-3-12-14-15-13(17)16(12)8-7-11-6-4-5-10(2)9-11/h4-6,9H,3,7-8H2,1-2H3,(H,15,17). The van der Waals surface area contributed by atoms with Crippen LogP contribution in [0.4, 0.5) is 0 Å². The number of hydrogen-bond acceptors (Lipinski definition) is 2. The SMILES string of the molecule is CCc1n[nH]c(=S)n1CCc1cccc(C)c1. The summed E-state index contributed by atoms with van der Waals surface area (Å²) in [5.74, 6) is 1.03. The minimum absolute atomic E-state index is 0.717. The fourth-order valence-corrected chi connectivity index (χ4v) is 2.20. The molecule has 0 radical (unpaired) electrons. The molecule has 2 aromatic rings. The number of aromatic amines is 1. The Morgan fingerprint density at radius 3 is 2.94 bits per heavy atom. The molecule has 1 heterocycles. The van der Waals surface area contributed by atoms with Crippen LogP contribution in [0.25, 0.3) is 0 Å². The first kappa shape index (κ1) is 12.0. The first-order valence-electron chi connectivity index (χ1n) is 5.90. The molecular weight excluding hydrogens is 230 g/mol. The molecule has 0 saturated carbocycles. The molecule has 0 unspecified atom stereocenters. The molecule has 0 amide bonds. The third kappa shape index (κ3) is 2.82. The summed E-state index contributed by atoms with van der Waals surface area (Å²) in [6, 6.07) is 8.59. The average molecular weight is 247 g/mol. The third-order valence-corrected chi connectivity index (χ3v) is 3.17. The van der Waals surface area contributed by atoms with Gasteiger partial charge >= 0.3 is 0 Å². The maximum absolute atomic E-state index is 5.23. The lowest BCUT2D eigenvalue weighted by Crippen LogP contribution is -2.05. The van der Waals surface area contributed by atoms with Crippen molar-refractivity contribution < 1.29 is 0 Å². The monoisotopic (exact) mass is 247 g/mol. The Labute approximate surface area is 106 Å². The highest BCUT2D eigenvalue weighted by molar-refractivity contribution is 7.71. The average Bonchev–Trinajstić information content (AvgIpc) is 2.67. The summed E-state index contributed by atoms with van der Waals surface area (Å²) in [5, 5.41) is 7.06. The molecular formula is C13H17N3S. The van der Waals surface area contributed by atoms with E-state index in [0.29, 0.717) is 0 Å². The molecule has 0 atom stereocenters. The molecule has 0 aliphatic heterocycles. The van der Waals surface area contributed by atoms with Gasteiger partial charge in [0.1, 0.15) is 5.82 Å².